The van der Waals surface area contributed by atoms with Crippen molar-refractivity contribution >= 4 is 23.5 Å². The van der Waals surface area contributed by atoms with Gasteiger partial charge in [0, 0.05) is 49.2 Å². The molecule has 294 valence electrons. The number of nitrogens with zero attached hydrogens (tertiary/aromatic N) is 4. The number of aromatic nitrogens is 1. The monoisotopic (exact) mass is 780 g/mol. The SMILES string of the molecule is Cc1c(COc2cc(OCc3cncc(C#N)c3)c(CN3CCCC[C@H]3C(=O)O)cc2Cl)cccc1-c1cccc(OCCCN2CCCC(C(=O)O)C2)c1C. The van der Waals surface area contributed by atoms with Crippen LogP contribution < -0.4 is 14.2 Å². The van der Waals surface area contributed by atoms with Gasteiger partial charge in [0.1, 0.15) is 42.6 Å². The molecular weight excluding hydrogens is 732 g/mol. The van der Waals surface area contributed by atoms with E-state index >= 15 is 0 Å². The summed E-state index contributed by atoms with van der Waals surface area (Å²) in [5.41, 5.74) is 7.10. The van der Waals surface area contributed by atoms with Crippen molar-refractivity contribution in [3.8, 4) is 34.4 Å². The molecule has 2 N–H and O–H groups in total. The molecule has 11 nitrogen and oxygen atoms in total. The summed E-state index contributed by atoms with van der Waals surface area (Å²) in [4.78, 5) is 31.9. The molecule has 2 aliphatic heterocycles. The van der Waals surface area contributed by atoms with E-state index in [2.05, 4.69) is 41.9 Å². The first-order valence-corrected chi connectivity index (χ1v) is 19.6. The smallest absolute Gasteiger partial charge is 0.320 e. The second-order valence-corrected chi connectivity index (χ2v) is 15.1. The highest BCUT2D eigenvalue weighted by atomic mass is 35.5. The molecule has 0 spiro atoms. The minimum atomic E-state index is -0.841. The van der Waals surface area contributed by atoms with Crippen LogP contribution in [-0.4, -0.2) is 75.8 Å². The number of piperidine rings is 2. The molecule has 0 saturated carbocycles. The van der Waals surface area contributed by atoms with Gasteiger partial charge in [0.15, 0.2) is 0 Å². The summed E-state index contributed by atoms with van der Waals surface area (Å²) in [6, 6.07) is 19.0. The zero-order chi connectivity index (χ0) is 39.6. The van der Waals surface area contributed by atoms with E-state index in [-0.39, 0.29) is 19.1 Å². The number of halogens is 1. The molecule has 1 aromatic heterocycles. The first-order chi connectivity index (χ1) is 27.1. The van der Waals surface area contributed by atoms with Crippen molar-refractivity contribution in [3.63, 3.8) is 0 Å². The maximum Gasteiger partial charge on any atom is 0.320 e. The summed E-state index contributed by atoms with van der Waals surface area (Å²) >= 11 is 6.86. The van der Waals surface area contributed by atoms with Crippen LogP contribution in [0.2, 0.25) is 5.02 Å². The lowest BCUT2D eigenvalue weighted by atomic mass is 9.93. The van der Waals surface area contributed by atoms with Gasteiger partial charge in [-0.1, -0.05) is 48.4 Å². The normalized spacial score (nSPS) is 17.5. The van der Waals surface area contributed by atoms with Crippen LogP contribution in [-0.2, 0) is 29.3 Å². The Balaban J connectivity index is 1.16. The fourth-order valence-corrected chi connectivity index (χ4v) is 7.93. The molecule has 0 aliphatic carbocycles. The highest BCUT2D eigenvalue weighted by Crippen LogP contribution is 2.37. The van der Waals surface area contributed by atoms with E-state index in [9.17, 15) is 25.1 Å². The number of carboxylic acids is 2. The maximum atomic E-state index is 12.1. The van der Waals surface area contributed by atoms with E-state index in [0.29, 0.717) is 54.7 Å². The number of aliphatic carboxylic acids is 2. The molecule has 0 bridgehead atoms. The van der Waals surface area contributed by atoms with Gasteiger partial charge in [-0.3, -0.25) is 19.5 Å². The van der Waals surface area contributed by atoms with Crippen molar-refractivity contribution < 1.29 is 34.0 Å². The van der Waals surface area contributed by atoms with Crippen molar-refractivity contribution in [1.82, 2.24) is 14.8 Å². The summed E-state index contributed by atoms with van der Waals surface area (Å²) in [5, 5.41) is 29.1. The van der Waals surface area contributed by atoms with Crippen molar-refractivity contribution in [3.05, 3.63) is 105 Å². The van der Waals surface area contributed by atoms with Gasteiger partial charge in [-0.05, 0) is 105 Å². The highest BCUT2D eigenvalue weighted by Gasteiger charge is 2.30. The molecule has 0 radical (unpaired) electrons. The minimum absolute atomic E-state index is 0.147. The molecule has 6 rings (SSSR count). The van der Waals surface area contributed by atoms with E-state index < -0.39 is 18.0 Å². The van der Waals surface area contributed by atoms with E-state index in [1.807, 2.05) is 29.2 Å². The predicted octanol–water partition coefficient (Wildman–Crippen LogP) is 8.05. The van der Waals surface area contributed by atoms with Crippen molar-refractivity contribution in [2.75, 3.05) is 32.8 Å². The molecule has 12 heteroatoms. The quantitative estimate of drug-likeness (QED) is 0.107. The van der Waals surface area contributed by atoms with Gasteiger partial charge in [-0.15, -0.1) is 0 Å². The van der Waals surface area contributed by atoms with Gasteiger partial charge in [0.25, 0.3) is 0 Å². The van der Waals surface area contributed by atoms with Gasteiger partial charge in [-0.25, -0.2) is 0 Å². The third-order valence-electron chi connectivity index (χ3n) is 10.8. The van der Waals surface area contributed by atoms with E-state index in [4.69, 9.17) is 25.8 Å². The van der Waals surface area contributed by atoms with Crippen LogP contribution in [0, 0.1) is 31.1 Å². The van der Waals surface area contributed by atoms with Crippen LogP contribution in [0.25, 0.3) is 11.1 Å². The number of nitriles is 1. The number of carbonyl (C=O) groups is 2. The maximum absolute atomic E-state index is 12.1. The number of likely N-dealkylation sites (tertiary alicyclic amines) is 2. The lowest BCUT2D eigenvalue weighted by Gasteiger charge is -2.33. The van der Waals surface area contributed by atoms with Crippen LogP contribution in [0.1, 0.15) is 71.9 Å². The summed E-state index contributed by atoms with van der Waals surface area (Å²) < 4.78 is 18.9. The number of benzene rings is 3. The summed E-state index contributed by atoms with van der Waals surface area (Å²) in [6.07, 6.45) is 7.96. The number of hydrogen-bond acceptors (Lipinski definition) is 9. The molecule has 0 amide bonds. The first kappa shape index (κ1) is 40.5. The van der Waals surface area contributed by atoms with Gasteiger partial charge in [-0.2, -0.15) is 5.26 Å². The summed E-state index contributed by atoms with van der Waals surface area (Å²) in [7, 11) is 0. The molecule has 2 aliphatic rings. The van der Waals surface area contributed by atoms with E-state index in [1.54, 1.807) is 24.4 Å². The Hall–Kier alpha value is -5.15. The standard InChI is InChI=1S/C44H49ClN4O7/c1-29-34(9-5-11-36(29)37-12-6-14-40(30(37)2)54-18-8-16-48-15-7-10-33(25-48)43(50)51)28-56-42-21-41(55-27-32-19-31(22-46)23-47-24-32)35(20-38(42)45)26-49-17-4-3-13-39(49)44(52)53/h5-6,9,11-12,14,19-21,23-24,33,39H,3-4,7-8,10,13,15-18,25-28H2,1-2H3,(H,50,51)(H,52,53)/t33?,39-/m0/s1. The average molecular weight is 781 g/mol. The number of ether oxygens (including phenoxy) is 3. The van der Waals surface area contributed by atoms with Gasteiger partial charge in [0.05, 0.1) is 23.1 Å². The first-order valence-electron chi connectivity index (χ1n) is 19.3. The second-order valence-electron chi connectivity index (χ2n) is 14.7. The van der Waals surface area contributed by atoms with Crippen LogP contribution in [0.3, 0.4) is 0 Å². The van der Waals surface area contributed by atoms with Crippen LogP contribution >= 0.6 is 11.6 Å². The topological polar surface area (TPSA) is 145 Å². The molecule has 2 saturated heterocycles. The van der Waals surface area contributed by atoms with Crippen molar-refractivity contribution in [1.29, 1.82) is 5.26 Å². The Bertz CT molecular complexity index is 2070. The summed E-state index contributed by atoms with van der Waals surface area (Å²) in [6.45, 7) is 8.39. The number of pyridine rings is 1. The highest BCUT2D eigenvalue weighted by molar-refractivity contribution is 6.32. The molecule has 2 fully saturated rings. The third-order valence-corrected chi connectivity index (χ3v) is 11.1. The fraction of sp³-hybridized carbons (Fsp3) is 0.409. The molecule has 1 unspecified atom stereocenters. The third kappa shape index (κ3) is 10.2. The van der Waals surface area contributed by atoms with Gasteiger partial charge in [0.2, 0.25) is 0 Å². The zero-order valence-corrected chi connectivity index (χ0v) is 32.8. The van der Waals surface area contributed by atoms with Crippen molar-refractivity contribution in [2.45, 2.75) is 78.2 Å². The number of carboxylic acid groups (broad SMARTS) is 2. The van der Waals surface area contributed by atoms with E-state index in [1.165, 1.54) is 6.20 Å². The largest absolute Gasteiger partial charge is 0.493 e. The molecule has 3 heterocycles. The number of rotatable bonds is 16. The summed E-state index contributed by atoms with van der Waals surface area (Å²) in [5.74, 6) is -0.0737. The lowest BCUT2D eigenvalue weighted by Crippen LogP contribution is -2.44. The molecule has 2 atom stereocenters. The zero-order valence-electron chi connectivity index (χ0n) is 32.0. The van der Waals surface area contributed by atoms with Gasteiger partial charge >= 0.3 is 11.9 Å². The molecule has 4 aromatic rings. The fourth-order valence-electron chi connectivity index (χ4n) is 7.69. The van der Waals surface area contributed by atoms with E-state index in [0.717, 1.165) is 89.9 Å². The lowest BCUT2D eigenvalue weighted by molar-refractivity contribution is -0.145. The molecule has 3 aromatic carbocycles. The Labute approximate surface area is 333 Å². The average Bonchev–Trinajstić information content (AvgIpc) is 3.20. The molecule has 56 heavy (non-hydrogen) atoms. The molecular formula is C44H49ClN4O7. The Morgan fingerprint density at radius 3 is 2.43 bits per heavy atom. The Morgan fingerprint density at radius 1 is 0.857 bits per heavy atom. The predicted molar refractivity (Wildman–Crippen MR) is 213 cm³/mol. The second kappa shape index (κ2) is 19.1. The van der Waals surface area contributed by atoms with Gasteiger partial charge < -0.3 is 29.3 Å². The Kier molecular flexibility index (Phi) is 13.8. The van der Waals surface area contributed by atoms with Crippen LogP contribution in [0.5, 0.6) is 17.2 Å². The van der Waals surface area contributed by atoms with Crippen molar-refractivity contribution in [2.24, 2.45) is 5.92 Å². The number of hydrogen-bond donors (Lipinski definition) is 2. The van der Waals surface area contributed by atoms with Crippen LogP contribution in [0.4, 0.5) is 0 Å². The minimum Gasteiger partial charge on any atom is -0.493 e. The van der Waals surface area contributed by atoms with Crippen LogP contribution in [0.15, 0.2) is 67.0 Å². The Morgan fingerprint density at radius 2 is 1.64 bits per heavy atom.